The van der Waals surface area contributed by atoms with E-state index in [1.54, 1.807) is 30.1 Å². The van der Waals surface area contributed by atoms with Crippen LogP contribution in [0.5, 0.6) is 11.5 Å². The van der Waals surface area contributed by atoms with Crippen molar-refractivity contribution in [2.75, 3.05) is 39.2 Å². The van der Waals surface area contributed by atoms with Crippen molar-refractivity contribution in [2.24, 2.45) is 0 Å². The molecule has 3 heterocycles. The third kappa shape index (κ3) is 3.65. The van der Waals surface area contributed by atoms with Gasteiger partial charge in [-0.25, -0.2) is 4.79 Å². The van der Waals surface area contributed by atoms with Crippen LogP contribution in [-0.2, 0) is 17.7 Å². The van der Waals surface area contributed by atoms with E-state index in [4.69, 9.17) is 14.2 Å². The lowest BCUT2D eigenvalue weighted by Crippen LogP contribution is -2.35. The predicted molar refractivity (Wildman–Crippen MR) is 110 cm³/mol. The zero-order valence-electron chi connectivity index (χ0n) is 16.6. The molecule has 2 aromatic rings. The van der Waals surface area contributed by atoms with Crippen LogP contribution < -0.4 is 20.1 Å². The number of hydrogen-bond acceptors (Lipinski definition) is 7. The number of benzene rings is 1. The standard InChI is InChI=1S/C20H21N3O6S/c1-21-18(25)16-12-5-6-23(20(26)27-2)10-15(12)30-19(16)22-17(24)11-3-4-13-14(9-11)29-8-7-28-13/h3-4,9H,5-8,10H2,1-2H3,(H,21,25)(H,22,24). The third-order valence-corrected chi connectivity index (χ3v) is 6.11. The van der Waals surface area contributed by atoms with Crippen molar-refractivity contribution >= 4 is 34.2 Å². The highest BCUT2D eigenvalue weighted by molar-refractivity contribution is 7.17. The van der Waals surface area contributed by atoms with Crippen LogP contribution in [0, 0.1) is 0 Å². The molecule has 2 aliphatic heterocycles. The highest BCUT2D eigenvalue weighted by Gasteiger charge is 2.30. The molecule has 0 fully saturated rings. The highest BCUT2D eigenvalue weighted by Crippen LogP contribution is 2.38. The number of ether oxygens (including phenoxy) is 3. The molecule has 2 aliphatic rings. The first-order valence-corrected chi connectivity index (χ1v) is 10.2. The molecule has 0 atom stereocenters. The average molecular weight is 431 g/mol. The van der Waals surface area contributed by atoms with Gasteiger partial charge in [0.2, 0.25) is 0 Å². The van der Waals surface area contributed by atoms with Crippen molar-refractivity contribution in [1.29, 1.82) is 0 Å². The predicted octanol–water partition coefficient (Wildman–Crippen LogP) is 2.26. The second-order valence-electron chi connectivity index (χ2n) is 6.74. The van der Waals surface area contributed by atoms with E-state index < -0.39 is 6.09 Å². The maximum absolute atomic E-state index is 12.9. The monoisotopic (exact) mass is 431 g/mol. The van der Waals surface area contributed by atoms with Crippen molar-refractivity contribution in [3.8, 4) is 11.5 Å². The maximum atomic E-state index is 12.9. The van der Waals surface area contributed by atoms with E-state index in [-0.39, 0.29) is 11.8 Å². The molecular weight excluding hydrogens is 410 g/mol. The molecule has 0 aliphatic carbocycles. The molecule has 0 radical (unpaired) electrons. The Kier molecular flexibility index (Phi) is 5.49. The van der Waals surface area contributed by atoms with Crippen molar-refractivity contribution in [1.82, 2.24) is 10.2 Å². The van der Waals surface area contributed by atoms with E-state index in [1.807, 2.05) is 0 Å². The average Bonchev–Trinajstić information content (AvgIpc) is 3.14. The molecular formula is C20H21N3O6S. The summed E-state index contributed by atoms with van der Waals surface area (Å²) in [7, 11) is 2.88. The molecule has 3 amide bonds. The largest absolute Gasteiger partial charge is 0.486 e. The summed E-state index contributed by atoms with van der Waals surface area (Å²) in [6, 6.07) is 4.96. The normalized spacial score (nSPS) is 14.5. The minimum Gasteiger partial charge on any atom is -0.486 e. The van der Waals surface area contributed by atoms with Crippen molar-refractivity contribution in [2.45, 2.75) is 13.0 Å². The Balaban J connectivity index is 1.62. The van der Waals surface area contributed by atoms with Crippen LogP contribution in [-0.4, -0.2) is 56.7 Å². The zero-order valence-corrected chi connectivity index (χ0v) is 17.4. The summed E-state index contributed by atoms with van der Waals surface area (Å²) in [5.74, 6) is 0.468. The Labute approximate surface area is 176 Å². The molecule has 0 bridgehead atoms. The summed E-state index contributed by atoms with van der Waals surface area (Å²) in [5.41, 5.74) is 1.68. The van der Waals surface area contributed by atoms with Gasteiger partial charge in [0.05, 0.1) is 19.2 Å². The van der Waals surface area contributed by atoms with Crippen molar-refractivity contribution in [3.63, 3.8) is 0 Å². The Morgan fingerprint density at radius 3 is 2.63 bits per heavy atom. The number of fused-ring (bicyclic) bond motifs is 2. The number of anilines is 1. The SMILES string of the molecule is CNC(=O)c1c(NC(=O)c2ccc3c(c2)OCCO3)sc2c1CCN(C(=O)OC)C2. The van der Waals surface area contributed by atoms with Gasteiger partial charge in [0.15, 0.2) is 11.5 Å². The fourth-order valence-corrected chi connectivity index (χ4v) is 4.76. The zero-order chi connectivity index (χ0) is 21.3. The lowest BCUT2D eigenvalue weighted by Gasteiger charge is -2.25. The third-order valence-electron chi connectivity index (χ3n) is 4.98. The molecule has 2 N–H and O–H groups in total. The van der Waals surface area contributed by atoms with Crippen LogP contribution in [0.2, 0.25) is 0 Å². The molecule has 0 spiro atoms. The van der Waals surface area contributed by atoms with E-state index in [0.29, 0.717) is 60.4 Å². The quantitative estimate of drug-likeness (QED) is 0.772. The lowest BCUT2D eigenvalue weighted by molar-refractivity contribution is 0.0962. The van der Waals surface area contributed by atoms with Crippen molar-refractivity contribution in [3.05, 3.63) is 39.8 Å². The Morgan fingerprint density at radius 2 is 1.90 bits per heavy atom. The fraction of sp³-hybridized carbons (Fsp3) is 0.350. The summed E-state index contributed by atoms with van der Waals surface area (Å²) in [6.07, 6.45) is 0.0845. The molecule has 30 heavy (non-hydrogen) atoms. The number of amides is 3. The van der Waals surface area contributed by atoms with Crippen molar-refractivity contribution < 1.29 is 28.6 Å². The molecule has 0 saturated carbocycles. The summed E-state index contributed by atoms with van der Waals surface area (Å²) >= 11 is 1.29. The molecule has 10 heteroatoms. The lowest BCUT2D eigenvalue weighted by atomic mass is 10.0. The van der Waals surface area contributed by atoms with Gasteiger partial charge in [0, 0.05) is 24.0 Å². The Morgan fingerprint density at radius 1 is 1.13 bits per heavy atom. The molecule has 0 unspecified atom stereocenters. The van der Waals surface area contributed by atoms with E-state index in [0.717, 1.165) is 10.4 Å². The second kappa shape index (κ2) is 8.23. The molecule has 158 valence electrons. The number of hydrogen-bond donors (Lipinski definition) is 2. The summed E-state index contributed by atoms with van der Waals surface area (Å²) in [4.78, 5) is 39.7. The van der Waals surface area contributed by atoms with Crippen LogP contribution in [0.1, 0.15) is 31.2 Å². The van der Waals surface area contributed by atoms with Gasteiger partial charge in [0.1, 0.15) is 18.2 Å². The van der Waals surface area contributed by atoms with Gasteiger partial charge in [0.25, 0.3) is 11.8 Å². The number of methoxy groups -OCH3 is 1. The highest BCUT2D eigenvalue weighted by atomic mass is 32.1. The molecule has 4 rings (SSSR count). The number of nitrogens with zero attached hydrogens (tertiary/aromatic N) is 1. The van der Waals surface area contributed by atoms with Gasteiger partial charge in [-0.15, -0.1) is 11.3 Å². The summed E-state index contributed by atoms with van der Waals surface area (Å²) in [5, 5.41) is 5.93. The van der Waals surface area contributed by atoms with Gasteiger partial charge in [-0.2, -0.15) is 0 Å². The maximum Gasteiger partial charge on any atom is 0.409 e. The van der Waals surface area contributed by atoms with E-state index in [1.165, 1.54) is 18.4 Å². The summed E-state index contributed by atoms with van der Waals surface area (Å²) in [6.45, 7) is 1.66. The first kappa shape index (κ1) is 20.0. The molecule has 1 aromatic carbocycles. The van der Waals surface area contributed by atoms with Crippen LogP contribution >= 0.6 is 11.3 Å². The Hall–Kier alpha value is -3.27. The number of thiophene rings is 1. The van der Waals surface area contributed by atoms with E-state index in [9.17, 15) is 14.4 Å². The minimum atomic E-state index is -0.419. The second-order valence-corrected chi connectivity index (χ2v) is 7.85. The van der Waals surface area contributed by atoms with Gasteiger partial charge in [-0.05, 0) is 30.2 Å². The van der Waals surface area contributed by atoms with Crippen LogP contribution in [0.25, 0.3) is 0 Å². The first-order chi connectivity index (χ1) is 14.5. The number of nitrogens with one attached hydrogen (secondary N) is 2. The number of carbonyl (C=O) groups is 3. The Bertz CT molecular complexity index is 1020. The fourth-order valence-electron chi connectivity index (χ4n) is 3.50. The van der Waals surface area contributed by atoms with E-state index >= 15 is 0 Å². The van der Waals surface area contributed by atoms with Gasteiger partial charge in [-0.3, -0.25) is 9.59 Å². The molecule has 1 aromatic heterocycles. The number of carbonyl (C=O) groups excluding carboxylic acids is 3. The van der Waals surface area contributed by atoms with E-state index in [2.05, 4.69) is 10.6 Å². The van der Waals surface area contributed by atoms with Gasteiger partial charge >= 0.3 is 6.09 Å². The first-order valence-electron chi connectivity index (χ1n) is 9.42. The topological polar surface area (TPSA) is 106 Å². The minimum absolute atomic E-state index is 0.281. The smallest absolute Gasteiger partial charge is 0.409 e. The molecule has 0 saturated heterocycles. The number of rotatable bonds is 3. The van der Waals surface area contributed by atoms with Gasteiger partial charge in [-0.1, -0.05) is 0 Å². The van der Waals surface area contributed by atoms with Crippen LogP contribution in [0.15, 0.2) is 18.2 Å². The van der Waals surface area contributed by atoms with Crippen LogP contribution in [0.4, 0.5) is 9.80 Å². The van der Waals surface area contributed by atoms with Crippen LogP contribution in [0.3, 0.4) is 0 Å². The van der Waals surface area contributed by atoms with Gasteiger partial charge < -0.3 is 29.7 Å². The summed E-state index contributed by atoms with van der Waals surface area (Å²) < 4.78 is 15.8. The molecule has 9 nitrogen and oxygen atoms in total.